The average Bonchev–Trinajstić information content (AvgIpc) is 2.67. The Morgan fingerprint density at radius 1 is 1.18 bits per heavy atom. The van der Waals surface area contributed by atoms with Crippen LogP contribution in [-0.2, 0) is 6.42 Å². The van der Waals surface area contributed by atoms with Crippen LogP contribution in [0.15, 0.2) is 54.5 Å². The van der Waals surface area contributed by atoms with Gasteiger partial charge in [-0.1, -0.05) is 25.6 Å². The number of nitrogens with two attached hydrogens (primary N) is 1. The Bertz CT molecular complexity index is 946. The van der Waals surface area contributed by atoms with Crippen molar-refractivity contribution in [3.8, 4) is 0 Å². The van der Waals surface area contributed by atoms with Crippen molar-refractivity contribution >= 4 is 17.5 Å². The summed E-state index contributed by atoms with van der Waals surface area (Å²) in [6, 6.07) is 5.72. The number of benzene rings is 2. The molecule has 0 radical (unpaired) electrons. The molecule has 0 spiro atoms. The van der Waals surface area contributed by atoms with Crippen molar-refractivity contribution in [2.45, 2.75) is 26.7 Å². The van der Waals surface area contributed by atoms with Gasteiger partial charge in [0, 0.05) is 12.0 Å². The molecule has 0 aliphatic rings. The van der Waals surface area contributed by atoms with E-state index in [2.05, 4.69) is 11.9 Å². The molecule has 0 unspecified atom stereocenters. The third-order valence-corrected chi connectivity index (χ3v) is 4.25. The summed E-state index contributed by atoms with van der Waals surface area (Å²) >= 11 is 0. The van der Waals surface area contributed by atoms with Gasteiger partial charge in [0.05, 0.1) is 11.4 Å². The lowest BCUT2D eigenvalue weighted by atomic mass is 9.99. The van der Waals surface area contributed by atoms with E-state index >= 15 is 0 Å². The van der Waals surface area contributed by atoms with Gasteiger partial charge in [-0.2, -0.15) is 0 Å². The molecule has 0 bridgehead atoms. The van der Waals surface area contributed by atoms with Crippen molar-refractivity contribution in [1.82, 2.24) is 0 Å². The zero-order valence-corrected chi connectivity index (χ0v) is 15.8. The van der Waals surface area contributed by atoms with E-state index in [-0.39, 0.29) is 40.9 Å². The molecule has 28 heavy (non-hydrogen) atoms. The highest BCUT2D eigenvalue weighted by atomic mass is 19.2. The standard InChI is InChI=1S/C22H22F4N2/c1-4-14-11-16(12-15(8-9-27)17(23)5-2)20(25)21(26)22(14)28-19-7-6-13(3)10-18(19)24/h4,6-11,28H,1,5,12,27H2,2-3H3/b9-8-,17-15-. The Morgan fingerprint density at radius 3 is 2.46 bits per heavy atom. The molecule has 0 aliphatic carbocycles. The Balaban J connectivity index is 2.51. The van der Waals surface area contributed by atoms with Crippen LogP contribution in [-0.4, -0.2) is 0 Å². The van der Waals surface area contributed by atoms with Crippen molar-refractivity contribution in [1.29, 1.82) is 0 Å². The maximum Gasteiger partial charge on any atom is 0.183 e. The fourth-order valence-corrected chi connectivity index (χ4v) is 2.77. The molecule has 3 N–H and O–H groups in total. The van der Waals surface area contributed by atoms with Crippen LogP contribution in [0.3, 0.4) is 0 Å². The summed E-state index contributed by atoms with van der Waals surface area (Å²) in [6.07, 6.45) is 3.69. The van der Waals surface area contributed by atoms with Gasteiger partial charge in [-0.3, -0.25) is 0 Å². The van der Waals surface area contributed by atoms with Crippen molar-refractivity contribution < 1.29 is 17.6 Å². The zero-order valence-electron chi connectivity index (χ0n) is 15.8. The minimum absolute atomic E-state index is 0.00317. The second-order valence-corrected chi connectivity index (χ2v) is 6.26. The molecule has 2 nitrogen and oxygen atoms in total. The van der Waals surface area contributed by atoms with Crippen LogP contribution in [0.25, 0.3) is 6.08 Å². The summed E-state index contributed by atoms with van der Waals surface area (Å²) in [5, 5.41) is 2.59. The second-order valence-electron chi connectivity index (χ2n) is 6.26. The average molecular weight is 390 g/mol. The van der Waals surface area contributed by atoms with Gasteiger partial charge in [-0.15, -0.1) is 0 Å². The predicted molar refractivity (Wildman–Crippen MR) is 106 cm³/mol. The summed E-state index contributed by atoms with van der Waals surface area (Å²) in [4.78, 5) is 0. The molecule has 2 rings (SSSR count). The molecule has 0 atom stereocenters. The number of hydrogen-bond donors (Lipinski definition) is 2. The van der Waals surface area contributed by atoms with Gasteiger partial charge in [0.2, 0.25) is 0 Å². The highest BCUT2D eigenvalue weighted by Crippen LogP contribution is 2.32. The zero-order chi connectivity index (χ0) is 20.8. The largest absolute Gasteiger partial charge is 0.405 e. The molecular formula is C22H22F4N2. The van der Waals surface area contributed by atoms with E-state index in [9.17, 15) is 17.6 Å². The molecule has 0 aliphatic heterocycles. The molecule has 2 aromatic carbocycles. The molecule has 0 aromatic heterocycles. The minimum Gasteiger partial charge on any atom is -0.405 e. The lowest BCUT2D eigenvalue weighted by molar-refractivity contribution is 0.502. The summed E-state index contributed by atoms with van der Waals surface area (Å²) in [5.74, 6) is -3.40. The summed E-state index contributed by atoms with van der Waals surface area (Å²) < 4.78 is 57.5. The SMILES string of the molecule is C=Cc1cc(CC(/C=C\N)=C(\F)CC)c(F)c(F)c1Nc1ccc(C)cc1F. The van der Waals surface area contributed by atoms with E-state index in [4.69, 9.17) is 5.73 Å². The number of aryl methyl sites for hydroxylation is 1. The van der Waals surface area contributed by atoms with Crippen molar-refractivity contribution in [2.75, 3.05) is 5.32 Å². The number of halogens is 4. The number of anilines is 2. The molecular weight excluding hydrogens is 368 g/mol. The van der Waals surface area contributed by atoms with Gasteiger partial charge < -0.3 is 11.1 Å². The van der Waals surface area contributed by atoms with E-state index < -0.39 is 23.3 Å². The highest BCUT2D eigenvalue weighted by molar-refractivity contribution is 5.73. The Labute approximate surface area is 162 Å². The lowest BCUT2D eigenvalue weighted by Crippen LogP contribution is -2.06. The maximum absolute atomic E-state index is 14.8. The first-order valence-electron chi connectivity index (χ1n) is 8.74. The summed E-state index contributed by atoms with van der Waals surface area (Å²) in [6.45, 7) is 6.93. The predicted octanol–water partition coefficient (Wildman–Crippen LogP) is 6.45. The quantitative estimate of drug-likeness (QED) is 0.421. The van der Waals surface area contributed by atoms with Crippen molar-refractivity contribution in [3.05, 3.63) is 88.7 Å². The van der Waals surface area contributed by atoms with Crippen LogP contribution in [0.5, 0.6) is 0 Å². The molecule has 0 amide bonds. The van der Waals surface area contributed by atoms with Crippen LogP contribution in [0.1, 0.15) is 30.0 Å². The second kappa shape index (κ2) is 9.26. The van der Waals surface area contributed by atoms with Gasteiger partial charge >= 0.3 is 0 Å². The lowest BCUT2D eigenvalue weighted by Gasteiger charge is -2.16. The van der Waals surface area contributed by atoms with Crippen LogP contribution in [0, 0.1) is 24.4 Å². The summed E-state index contributed by atoms with van der Waals surface area (Å²) in [5.41, 5.74) is 6.10. The van der Waals surface area contributed by atoms with Crippen LogP contribution in [0.4, 0.5) is 28.9 Å². The number of nitrogens with one attached hydrogen (secondary N) is 1. The summed E-state index contributed by atoms with van der Waals surface area (Å²) in [7, 11) is 0. The fourth-order valence-electron chi connectivity index (χ4n) is 2.77. The number of hydrogen-bond acceptors (Lipinski definition) is 2. The van der Waals surface area contributed by atoms with Gasteiger partial charge in [0.25, 0.3) is 0 Å². The van der Waals surface area contributed by atoms with Gasteiger partial charge in [-0.25, -0.2) is 17.6 Å². The van der Waals surface area contributed by atoms with Gasteiger partial charge in [-0.05, 0) is 60.5 Å². The van der Waals surface area contributed by atoms with E-state index in [1.165, 1.54) is 30.4 Å². The fraction of sp³-hybridized carbons (Fsp3) is 0.182. The van der Waals surface area contributed by atoms with E-state index in [1.807, 2.05) is 0 Å². The first kappa shape index (κ1) is 21.3. The van der Waals surface area contributed by atoms with Crippen molar-refractivity contribution in [3.63, 3.8) is 0 Å². The van der Waals surface area contributed by atoms with Crippen LogP contribution in [0.2, 0.25) is 0 Å². The first-order chi connectivity index (χ1) is 13.3. The molecule has 0 fully saturated rings. The van der Waals surface area contributed by atoms with Gasteiger partial charge in [0.1, 0.15) is 11.6 Å². The first-order valence-corrected chi connectivity index (χ1v) is 8.74. The van der Waals surface area contributed by atoms with Crippen LogP contribution < -0.4 is 11.1 Å². The van der Waals surface area contributed by atoms with Crippen LogP contribution >= 0.6 is 0 Å². The molecule has 6 heteroatoms. The molecule has 148 valence electrons. The smallest absolute Gasteiger partial charge is 0.183 e. The Morgan fingerprint density at radius 2 is 1.89 bits per heavy atom. The van der Waals surface area contributed by atoms with E-state index in [1.54, 1.807) is 19.9 Å². The third-order valence-electron chi connectivity index (χ3n) is 4.25. The molecule has 0 heterocycles. The highest BCUT2D eigenvalue weighted by Gasteiger charge is 2.19. The van der Waals surface area contributed by atoms with Crippen molar-refractivity contribution in [2.24, 2.45) is 5.73 Å². The Hall–Kier alpha value is -3.02. The monoisotopic (exact) mass is 390 g/mol. The number of allylic oxidation sites excluding steroid dienone is 3. The van der Waals surface area contributed by atoms with E-state index in [0.717, 1.165) is 6.20 Å². The minimum atomic E-state index is -1.19. The molecule has 2 aromatic rings. The topological polar surface area (TPSA) is 38.0 Å². The normalized spacial score (nSPS) is 12.2. The number of rotatable bonds is 7. The molecule has 0 saturated heterocycles. The molecule has 0 saturated carbocycles. The van der Waals surface area contributed by atoms with Gasteiger partial charge in [0.15, 0.2) is 11.6 Å². The maximum atomic E-state index is 14.8. The third kappa shape index (κ3) is 4.63. The van der Waals surface area contributed by atoms with E-state index in [0.29, 0.717) is 5.56 Å². The Kier molecular flexibility index (Phi) is 7.04.